The maximum Gasteiger partial charge on any atom is 0.335 e. The van der Waals surface area contributed by atoms with Gasteiger partial charge in [-0.25, -0.2) is 4.79 Å². The van der Waals surface area contributed by atoms with E-state index in [-0.39, 0.29) is 5.56 Å². The minimum absolute atomic E-state index is 0.263. The van der Waals surface area contributed by atoms with Crippen molar-refractivity contribution in [2.45, 2.75) is 6.61 Å². The van der Waals surface area contributed by atoms with Gasteiger partial charge >= 0.3 is 5.97 Å². The zero-order chi connectivity index (χ0) is 19.7. The Bertz CT molecular complexity index is 1150. The molecule has 0 bridgehead atoms. The van der Waals surface area contributed by atoms with Crippen LogP contribution in [0.25, 0.3) is 21.9 Å². The zero-order valence-electron chi connectivity index (χ0n) is 14.5. The van der Waals surface area contributed by atoms with E-state index in [4.69, 9.17) is 4.74 Å². The van der Waals surface area contributed by atoms with Crippen LogP contribution in [0.1, 0.15) is 15.9 Å². The van der Waals surface area contributed by atoms with Gasteiger partial charge in [-0.1, -0.05) is 44.0 Å². The molecule has 0 aliphatic carbocycles. The molecule has 0 spiro atoms. The number of aromatic carboxylic acids is 1. The molecule has 0 aliphatic heterocycles. The van der Waals surface area contributed by atoms with Gasteiger partial charge < -0.3 is 9.84 Å². The minimum Gasteiger partial charge on any atom is -0.489 e. The van der Waals surface area contributed by atoms with Crippen molar-refractivity contribution < 1.29 is 14.6 Å². The van der Waals surface area contributed by atoms with E-state index in [0.717, 1.165) is 36.4 Å². The van der Waals surface area contributed by atoms with Crippen LogP contribution in [0.4, 0.5) is 0 Å². The van der Waals surface area contributed by atoms with Crippen LogP contribution in [-0.4, -0.2) is 11.1 Å². The van der Waals surface area contributed by atoms with Crippen LogP contribution in [0, 0.1) is 0 Å². The lowest BCUT2D eigenvalue weighted by Gasteiger charge is -2.12. The molecule has 4 aromatic rings. The Balaban J connectivity index is 1.73. The molecule has 1 heterocycles. The molecular formula is C22H14Br2O3S. The van der Waals surface area contributed by atoms with Crippen molar-refractivity contribution in [2.24, 2.45) is 0 Å². The van der Waals surface area contributed by atoms with E-state index in [2.05, 4.69) is 31.9 Å². The van der Waals surface area contributed by atoms with Gasteiger partial charge in [-0.3, -0.25) is 0 Å². The Morgan fingerprint density at radius 1 is 1.04 bits per heavy atom. The first-order valence-corrected chi connectivity index (χ1v) is 10.9. The van der Waals surface area contributed by atoms with Gasteiger partial charge in [-0.05, 0) is 75.1 Å². The fraction of sp³-hybridized carbons (Fsp3) is 0.0455. The maximum absolute atomic E-state index is 11.6. The lowest BCUT2D eigenvalue weighted by molar-refractivity contribution is 0.0697. The number of fused-ring (bicyclic) bond motifs is 1. The second kappa shape index (κ2) is 8.07. The fourth-order valence-corrected chi connectivity index (χ4v) is 4.93. The molecule has 0 radical (unpaired) electrons. The number of hydrogen-bond donors (Lipinski definition) is 1. The molecule has 1 N–H and O–H groups in total. The standard InChI is InChI=1S/C22H14Br2O3S/c23-20-2-1-3-21(24)19(20)11-27-16-4-5-17-14(9-16)8-15(22(25)26)10-18(17)13-6-7-28-12-13/h1-10,12H,11H2,(H,25,26). The molecule has 3 aromatic carbocycles. The number of ether oxygens (including phenoxy) is 1. The average Bonchev–Trinajstić information content (AvgIpc) is 3.21. The summed E-state index contributed by atoms with van der Waals surface area (Å²) in [4.78, 5) is 11.6. The molecule has 1 aromatic heterocycles. The van der Waals surface area contributed by atoms with Crippen molar-refractivity contribution in [1.82, 2.24) is 0 Å². The number of rotatable bonds is 5. The highest BCUT2D eigenvalue weighted by Crippen LogP contribution is 2.34. The van der Waals surface area contributed by atoms with Gasteiger partial charge in [0.05, 0.1) is 5.56 Å². The molecule has 6 heteroatoms. The van der Waals surface area contributed by atoms with Gasteiger partial charge in [0.25, 0.3) is 0 Å². The number of carboxylic acid groups (broad SMARTS) is 1. The third kappa shape index (κ3) is 3.85. The maximum atomic E-state index is 11.6. The summed E-state index contributed by atoms with van der Waals surface area (Å²) in [5, 5.41) is 15.4. The third-order valence-corrected chi connectivity index (χ3v) is 6.62. The van der Waals surface area contributed by atoms with Crippen LogP contribution in [0.2, 0.25) is 0 Å². The number of thiophene rings is 1. The summed E-state index contributed by atoms with van der Waals surface area (Å²) in [6, 6.07) is 17.1. The van der Waals surface area contributed by atoms with E-state index >= 15 is 0 Å². The molecule has 0 saturated heterocycles. The van der Waals surface area contributed by atoms with Crippen molar-refractivity contribution in [2.75, 3.05) is 0 Å². The predicted molar refractivity (Wildman–Crippen MR) is 120 cm³/mol. The molecule has 0 fully saturated rings. The molecule has 0 saturated carbocycles. The summed E-state index contributed by atoms with van der Waals surface area (Å²) in [5.41, 5.74) is 3.21. The Morgan fingerprint density at radius 2 is 1.82 bits per heavy atom. The van der Waals surface area contributed by atoms with E-state index in [9.17, 15) is 9.90 Å². The van der Waals surface area contributed by atoms with Crippen molar-refractivity contribution in [3.63, 3.8) is 0 Å². The summed E-state index contributed by atoms with van der Waals surface area (Å²) in [6.45, 7) is 0.392. The quantitative estimate of drug-likeness (QED) is 0.300. The van der Waals surface area contributed by atoms with E-state index in [0.29, 0.717) is 12.4 Å². The van der Waals surface area contributed by atoms with E-state index in [1.807, 2.05) is 53.2 Å². The van der Waals surface area contributed by atoms with E-state index in [1.54, 1.807) is 23.5 Å². The van der Waals surface area contributed by atoms with Gasteiger partial charge in [-0.2, -0.15) is 11.3 Å². The number of halogens is 2. The minimum atomic E-state index is -0.943. The average molecular weight is 518 g/mol. The van der Waals surface area contributed by atoms with Crippen LogP contribution >= 0.6 is 43.2 Å². The van der Waals surface area contributed by atoms with Crippen LogP contribution in [0.5, 0.6) is 5.75 Å². The van der Waals surface area contributed by atoms with Gasteiger partial charge in [0.15, 0.2) is 0 Å². The lowest BCUT2D eigenvalue weighted by Crippen LogP contribution is -1.99. The monoisotopic (exact) mass is 516 g/mol. The van der Waals surface area contributed by atoms with E-state index < -0.39 is 5.97 Å². The molecule has 3 nitrogen and oxygen atoms in total. The van der Waals surface area contributed by atoms with Gasteiger partial charge in [-0.15, -0.1) is 0 Å². The SMILES string of the molecule is O=C(O)c1cc(-c2ccsc2)c2ccc(OCc3c(Br)cccc3Br)cc2c1. The fourth-order valence-electron chi connectivity index (χ4n) is 3.04. The molecule has 28 heavy (non-hydrogen) atoms. The van der Waals surface area contributed by atoms with Crippen molar-refractivity contribution in [3.05, 3.63) is 85.4 Å². The Labute approximate surface area is 182 Å². The van der Waals surface area contributed by atoms with Gasteiger partial charge in [0.1, 0.15) is 12.4 Å². The van der Waals surface area contributed by atoms with Crippen molar-refractivity contribution >= 4 is 59.9 Å². The second-order valence-electron chi connectivity index (χ2n) is 6.21. The Morgan fingerprint density at radius 3 is 2.50 bits per heavy atom. The first kappa shape index (κ1) is 19.2. The first-order chi connectivity index (χ1) is 13.5. The highest BCUT2D eigenvalue weighted by molar-refractivity contribution is 9.11. The number of carboxylic acids is 1. The highest BCUT2D eigenvalue weighted by atomic mass is 79.9. The number of carbonyl (C=O) groups is 1. The molecule has 0 atom stereocenters. The Hall–Kier alpha value is -2.15. The number of hydrogen-bond acceptors (Lipinski definition) is 3. The molecule has 4 rings (SSSR count). The summed E-state index contributed by atoms with van der Waals surface area (Å²) < 4.78 is 7.92. The molecule has 0 aliphatic rings. The topological polar surface area (TPSA) is 46.5 Å². The lowest BCUT2D eigenvalue weighted by atomic mass is 9.97. The Kier molecular flexibility index (Phi) is 5.53. The summed E-state index contributed by atoms with van der Waals surface area (Å²) in [5.74, 6) is -0.254. The van der Waals surface area contributed by atoms with Crippen molar-refractivity contribution in [3.8, 4) is 16.9 Å². The summed E-state index contributed by atoms with van der Waals surface area (Å²) >= 11 is 8.67. The normalized spacial score (nSPS) is 10.9. The van der Waals surface area contributed by atoms with Crippen LogP contribution in [0.3, 0.4) is 0 Å². The summed E-state index contributed by atoms with van der Waals surface area (Å²) in [7, 11) is 0. The third-order valence-electron chi connectivity index (χ3n) is 4.45. The number of benzene rings is 3. The first-order valence-electron chi connectivity index (χ1n) is 8.42. The zero-order valence-corrected chi connectivity index (χ0v) is 18.5. The van der Waals surface area contributed by atoms with Crippen LogP contribution in [-0.2, 0) is 6.61 Å². The second-order valence-corrected chi connectivity index (χ2v) is 8.70. The van der Waals surface area contributed by atoms with Crippen LogP contribution < -0.4 is 4.74 Å². The largest absolute Gasteiger partial charge is 0.489 e. The molecule has 140 valence electrons. The van der Waals surface area contributed by atoms with Gasteiger partial charge in [0.2, 0.25) is 0 Å². The summed E-state index contributed by atoms with van der Waals surface area (Å²) in [6.07, 6.45) is 0. The van der Waals surface area contributed by atoms with E-state index in [1.165, 1.54) is 0 Å². The smallest absolute Gasteiger partial charge is 0.335 e. The predicted octanol–water partition coefficient (Wildman–Crippen LogP) is 7.37. The van der Waals surface area contributed by atoms with Gasteiger partial charge in [0, 0.05) is 14.5 Å². The highest BCUT2D eigenvalue weighted by Gasteiger charge is 2.12. The molecule has 0 amide bonds. The van der Waals surface area contributed by atoms with Crippen LogP contribution in [0.15, 0.2) is 74.3 Å². The van der Waals surface area contributed by atoms with Crippen molar-refractivity contribution in [1.29, 1.82) is 0 Å². The molecular weight excluding hydrogens is 504 g/mol. The molecule has 0 unspecified atom stereocenters.